The molecular weight excluding hydrogens is 204 g/mol. The maximum Gasteiger partial charge on any atom is 0.243 e. The Morgan fingerprint density at radius 3 is 2.88 bits per heavy atom. The Hall–Kier alpha value is -1.32. The second kappa shape index (κ2) is 6.30. The molecule has 1 fully saturated rings. The monoisotopic (exact) mass is 224 g/mol. The standard InChI is InChI=1S/C12H20N2O2/c1-10(2)13-11(15)6-5-9-14-8-4-3-7-12(14)16/h5-6,10H,3-4,7-9H2,1-2H3,(H,13,15)/b6-5+. The Balaban J connectivity index is 2.30. The van der Waals surface area contributed by atoms with Crippen LogP contribution in [0.15, 0.2) is 12.2 Å². The van der Waals surface area contributed by atoms with Gasteiger partial charge in [0.1, 0.15) is 0 Å². The molecule has 0 aromatic rings. The molecule has 0 atom stereocenters. The summed E-state index contributed by atoms with van der Waals surface area (Å²) in [5.41, 5.74) is 0. The first-order chi connectivity index (χ1) is 7.59. The molecule has 1 aliphatic rings. The zero-order valence-electron chi connectivity index (χ0n) is 10.0. The van der Waals surface area contributed by atoms with Gasteiger partial charge in [-0.1, -0.05) is 6.08 Å². The van der Waals surface area contributed by atoms with Crippen LogP contribution in [0.1, 0.15) is 33.1 Å². The number of hydrogen-bond donors (Lipinski definition) is 1. The summed E-state index contributed by atoms with van der Waals surface area (Å²) in [5, 5.41) is 2.76. The van der Waals surface area contributed by atoms with Gasteiger partial charge in [0.15, 0.2) is 0 Å². The van der Waals surface area contributed by atoms with Gasteiger partial charge in [-0.25, -0.2) is 0 Å². The summed E-state index contributed by atoms with van der Waals surface area (Å²) < 4.78 is 0. The van der Waals surface area contributed by atoms with E-state index < -0.39 is 0 Å². The number of carbonyl (C=O) groups is 2. The van der Waals surface area contributed by atoms with E-state index in [1.165, 1.54) is 6.08 Å². The SMILES string of the molecule is CC(C)NC(=O)/C=C/CN1CCCCC1=O. The number of carbonyl (C=O) groups excluding carboxylic acids is 2. The van der Waals surface area contributed by atoms with Crippen LogP contribution in [-0.2, 0) is 9.59 Å². The van der Waals surface area contributed by atoms with Crippen LogP contribution in [0, 0.1) is 0 Å². The minimum absolute atomic E-state index is 0.0977. The average molecular weight is 224 g/mol. The summed E-state index contributed by atoms with van der Waals surface area (Å²) in [7, 11) is 0. The van der Waals surface area contributed by atoms with Gasteiger partial charge >= 0.3 is 0 Å². The number of piperidine rings is 1. The highest BCUT2D eigenvalue weighted by Gasteiger charge is 2.16. The van der Waals surface area contributed by atoms with E-state index in [9.17, 15) is 9.59 Å². The molecule has 1 heterocycles. The van der Waals surface area contributed by atoms with Crippen molar-refractivity contribution in [1.82, 2.24) is 10.2 Å². The molecule has 2 amide bonds. The van der Waals surface area contributed by atoms with Crippen LogP contribution < -0.4 is 5.32 Å². The van der Waals surface area contributed by atoms with Crippen molar-refractivity contribution in [3.63, 3.8) is 0 Å². The normalized spacial score (nSPS) is 17.2. The zero-order chi connectivity index (χ0) is 12.0. The van der Waals surface area contributed by atoms with Crippen molar-refractivity contribution in [2.75, 3.05) is 13.1 Å². The molecule has 1 aliphatic heterocycles. The van der Waals surface area contributed by atoms with Crippen LogP contribution >= 0.6 is 0 Å². The molecule has 4 heteroatoms. The van der Waals surface area contributed by atoms with Gasteiger partial charge in [-0.2, -0.15) is 0 Å². The maximum atomic E-state index is 11.4. The molecule has 1 saturated heterocycles. The molecule has 16 heavy (non-hydrogen) atoms. The van der Waals surface area contributed by atoms with E-state index in [0.717, 1.165) is 19.4 Å². The van der Waals surface area contributed by atoms with Crippen molar-refractivity contribution in [2.24, 2.45) is 0 Å². The molecule has 0 spiro atoms. The molecular formula is C12H20N2O2. The first-order valence-electron chi connectivity index (χ1n) is 5.84. The van der Waals surface area contributed by atoms with Crippen LogP contribution in [0.4, 0.5) is 0 Å². The Kier molecular flexibility index (Phi) is 5.02. The van der Waals surface area contributed by atoms with Crippen molar-refractivity contribution in [1.29, 1.82) is 0 Å². The molecule has 0 aromatic heterocycles. The summed E-state index contributed by atoms with van der Waals surface area (Å²) in [6, 6.07) is 0.147. The smallest absolute Gasteiger partial charge is 0.243 e. The molecule has 90 valence electrons. The van der Waals surface area contributed by atoms with Crippen molar-refractivity contribution >= 4 is 11.8 Å². The van der Waals surface area contributed by atoms with Crippen LogP contribution in [0.5, 0.6) is 0 Å². The first-order valence-corrected chi connectivity index (χ1v) is 5.84. The van der Waals surface area contributed by atoms with Gasteiger partial charge in [-0.15, -0.1) is 0 Å². The molecule has 0 aromatic carbocycles. The summed E-state index contributed by atoms with van der Waals surface area (Å²) in [6.45, 7) is 5.19. The highest BCUT2D eigenvalue weighted by Crippen LogP contribution is 2.09. The van der Waals surface area contributed by atoms with Gasteiger partial charge in [-0.3, -0.25) is 9.59 Å². The van der Waals surface area contributed by atoms with E-state index in [-0.39, 0.29) is 17.9 Å². The largest absolute Gasteiger partial charge is 0.350 e. The molecule has 0 bridgehead atoms. The van der Waals surface area contributed by atoms with Gasteiger partial charge < -0.3 is 10.2 Å². The number of rotatable bonds is 4. The zero-order valence-corrected chi connectivity index (χ0v) is 10.0. The number of hydrogen-bond acceptors (Lipinski definition) is 2. The molecule has 0 saturated carbocycles. The Morgan fingerprint density at radius 2 is 2.25 bits per heavy atom. The lowest BCUT2D eigenvalue weighted by Gasteiger charge is -2.25. The molecule has 0 aliphatic carbocycles. The third-order valence-electron chi connectivity index (χ3n) is 2.45. The van der Waals surface area contributed by atoms with Gasteiger partial charge in [0.05, 0.1) is 0 Å². The van der Waals surface area contributed by atoms with Gasteiger partial charge in [0.25, 0.3) is 0 Å². The van der Waals surface area contributed by atoms with Crippen molar-refractivity contribution in [3.8, 4) is 0 Å². The van der Waals surface area contributed by atoms with Gasteiger partial charge in [-0.05, 0) is 26.7 Å². The fourth-order valence-electron chi connectivity index (χ4n) is 1.67. The number of amides is 2. The van der Waals surface area contributed by atoms with Crippen LogP contribution in [0.3, 0.4) is 0 Å². The lowest BCUT2D eigenvalue weighted by Crippen LogP contribution is -2.35. The molecule has 1 N–H and O–H groups in total. The van der Waals surface area contributed by atoms with E-state index in [0.29, 0.717) is 13.0 Å². The first kappa shape index (κ1) is 12.7. The van der Waals surface area contributed by atoms with Crippen molar-refractivity contribution < 1.29 is 9.59 Å². The lowest BCUT2D eigenvalue weighted by molar-refractivity contribution is -0.132. The van der Waals surface area contributed by atoms with Gasteiger partial charge in [0, 0.05) is 31.6 Å². The fourth-order valence-corrected chi connectivity index (χ4v) is 1.67. The predicted molar refractivity (Wildman–Crippen MR) is 62.8 cm³/mol. The average Bonchev–Trinajstić information content (AvgIpc) is 2.19. The quantitative estimate of drug-likeness (QED) is 0.726. The topological polar surface area (TPSA) is 49.4 Å². The number of nitrogens with one attached hydrogen (secondary N) is 1. The highest BCUT2D eigenvalue weighted by atomic mass is 16.2. The number of nitrogens with zero attached hydrogens (tertiary/aromatic N) is 1. The predicted octanol–water partition coefficient (Wildman–Crippen LogP) is 1.08. The molecule has 0 radical (unpaired) electrons. The number of likely N-dealkylation sites (tertiary alicyclic amines) is 1. The Bertz CT molecular complexity index is 285. The van der Waals surface area contributed by atoms with Crippen LogP contribution in [0.2, 0.25) is 0 Å². The Labute approximate surface area is 96.7 Å². The van der Waals surface area contributed by atoms with Crippen molar-refractivity contribution in [3.05, 3.63) is 12.2 Å². The van der Waals surface area contributed by atoms with E-state index >= 15 is 0 Å². The van der Waals surface area contributed by atoms with E-state index in [4.69, 9.17) is 0 Å². The van der Waals surface area contributed by atoms with Crippen molar-refractivity contribution in [2.45, 2.75) is 39.2 Å². The van der Waals surface area contributed by atoms with Crippen LogP contribution in [-0.4, -0.2) is 35.8 Å². The summed E-state index contributed by atoms with van der Waals surface area (Å²) in [6.07, 6.45) is 5.96. The maximum absolute atomic E-state index is 11.4. The highest BCUT2D eigenvalue weighted by molar-refractivity contribution is 5.87. The third-order valence-corrected chi connectivity index (χ3v) is 2.45. The minimum atomic E-state index is -0.0977. The van der Waals surface area contributed by atoms with E-state index in [1.54, 1.807) is 11.0 Å². The van der Waals surface area contributed by atoms with E-state index in [2.05, 4.69) is 5.32 Å². The summed E-state index contributed by atoms with van der Waals surface area (Å²) in [4.78, 5) is 24.5. The lowest BCUT2D eigenvalue weighted by atomic mass is 10.1. The summed E-state index contributed by atoms with van der Waals surface area (Å²) >= 11 is 0. The summed E-state index contributed by atoms with van der Waals surface area (Å²) in [5.74, 6) is 0.0969. The molecule has 0 unspecified atom stereocenters. The second-order valence-electron chi connectivity index (χ2n) is 4.36. The minimum Gasteiger partial charge on any atom is -0.350 e. The van der Waals surface area contributed by atoms with E-state index in [1.807, 2.05) is 13.8 Å². The molecule has 4 nitrogen and oxygen atoms in total. The Morgan fingerprint density at radius 1 is 1.50 bits per heavy atom. The van der Waals surface area contributed by atoms with Crippen LogP contribution in [0.25, 0.3) is 0 Å². The third kappa shape index (κ3) is 4.47. The molecule has 1 rings (SSSR count). The second-order valence-corrected chi connectivity index (χ2v) is 4.36. The van der Waals surface area contributed by atoms with Gasteiger partial charge in [0.2, 0.25) is 11.8 Å². The fraction of sp³-hybridized carbons (Fsp3) is 0.667.